The zero-order valence-electron chi connectivity index (χ0n) is 14.6. The summed E-state index contributed by atoms with van der Waals surface area (Å²) in [6.45, 7) is 1.90. The number of amides is 1. The third-order valence-electron chi connectivity index (χ3n) is 3.98. The fourth-order valence-electron chi connectivity index (χ4n) is 2.19. The average Bonchev–Trinajstić information content (AvgIpc) is 2.64. The van der Waals surface area contributed by atoms with E-state index in [-0.39, 0.29) is 17.7 Å². The van der Waals surface area contributed by atoms with Crippen LogP contribution in [0.3, 0.4) is 0 Å². The van der Waals surface area contributed by atoms with E-state index in [2.05, 4.69) is 4.98 Å². The average molecular weight is 384 g/mol. The fourth-order valence-corrected chi connectivity index (χ4v) is 2.96. The van der Waals surface area contributed by atoms with E-state index in [0.29, 0.717) is 5.03 Å². The van der Waals surface area contributed by atoms with Crippen LogP contribution in [0, 0.1) is 0 Å². The van der Waals surface area contributed by atoms with Gasteiger partial charge in [0.05, 0.1) is 29.5 Å². The van der Waals surface area contributed by atoms with Gasteiger partial charge in [0.15, 0.2) is 0 Å². The highest BCUT2D eigenvalue weighted by Gasteiger charge is 2.30. The van der Waals surface area contributed by atoms with Crippen LogP contribution in [-0.4, -0.2) is 35.7 Å². The summed E-state index contributed by atoms with van der Waals surface area (Å²) in [4.78, 5) is 17.7. The zero-order chi connectivity index (χ0) is 19.3. The van der Waals surface area contributed by atoms with E-state index in [1.165, 1.54) is 6.07 Å². The molecule has 0 bridgehead atoms. The summed E-state index contributed by atoms with van der Waals surface area (Å²) < 4.78 is 42.7. The van der Waals surface area contributed by atoms with Crippen molar-refractivity contribution in [2.24, 2.45) is 0 Å². The Balaban J connectivity index is 1.93. The molecule has 1 atom stereocenters. The number of pyridine rings is 1. The van der Waals surface area contributed by atoms with E-state index >= 15 is 0 Å². The molecule has 0 aliphatic heterocycles. The van der Waals surface area contributed by atoms with Crippen molar-refractivity contribution in [2.75, 3.05) is 19.9 Å². The van der Waals surface area contributed by atoms with Crippen molar-refractivity contribution in [2.45, 2.75) is 24.2 Å². The molecule has 1 unspecified atom stereocenters. The molecular formula is C18H19F3N2O2S. The number of nitrogens with zero attached hydrogens (tertiary/aromatic N) is 2. The molecular weight excluding hydrogens is 365 g/mol. The topological polar surface area (TPSA) is 42.4 Å². The van der Waals surface area contributed by atoms with Gasteiger partial charge in [0.25, 0.3) is 0 Å². The van der Waals surface area contributed by atoms with Crippen molar-refractivity contribution < 1.29 is 22.7 Å². The molecule has 1 aromatic heterocycles. The number of alkyl halides is 3. The smallest absolute Gasteiger partial charge is 0.417 e. The van der Waals surface area contributed by atoms with Gasteiger partial charge in [0.1, 0.15) is 5.75 Å². The van der Waals surface area contributed by atoms with E-state index in [4.69, 9.17) is 4.74 Å². The number of rotatable bonds is 6. The number of ether oxygens (including phenoxy) is 1. The van der Waals surface area contributed by atoms with Gasteiger partial charge in [0.2, 0.25) is 5.91 Å². The molecule has 8 heteroatoms. The largest absolute Gasteiger partial charge is 0.497 e. The molecule has 2 rings (SSSR count). The Hall–Kier alpha value is -2.22. The predicted molar refractivity (Wildman–Crippen MR) is 94.1 cm³/mol. The molecule has 1 aromatic carbocycles. The summed E-state index contributed by atoms with van der Waals surface area (Å²) in [5.74, 6) is 0.689. The second-order valence-electron chi connectivity index (χ2n) is 5.63. The second kappa shape index (κ2) is 8.44. The van der Waals surface area contributed by atoms with Crippen molar-refractivity contribution in [1.82, 2.24) is 9.88 Å². The molecule has 26 heavy (non-hydrogen) atoms. The molecule has 0 aliphatic rings. The van der Waals surface area contributed by atoms with Crippen LogP contribution >= 0.6 is 11.8 Å². The highest BCUT2D eigenvalue weighted by molar-refractivity contribution is 7.99. The highest BCUT2D eigenvalue weighted by atomic mass is 32.2. The van der Waals surface area contributed by atoms with Crippen LogP contribution in [0.4, 0.5) is 13.2 Å². The Labute approximate surface area is 154 Å². The standard InChI is InChI=1S/C18H19F3N2O2S/c1-12(13-4-7-15(25-3)8-5-13)23(2)17(24)11-26-16-9-6-14(10-22-16)18(19,20)21/h4-10,12H,11H2,1-3H3. The summed E-state index contributed by atoms with van der Waals surface area (Å²) in [5.41, 5.74) is 0.151. The van der Waals surface area contributed by atoms with Crippen molar-refractivity contribution in [1.29, 1.82) is 0 Å². The minimum absolute atomic E-state index is 0.0926. The van der Waals surface area contributed by atoms with E-state index in [1.54, 1.807) is 19.1 Å². The van der Waals surface area contributed by atoms with Crippen LogP contribution in [-0.2, 0) is 11.0 Å². The molecule has 140 valence electrons. The number of methoxy groups -OCH3 is 1. The van der Waals surface area contributed by atoms with E-state index in [0.717, 1.165) is 35.3 Å². The summed E-state index contributed by atoms with van der Waals surface area (Å²) in [6.07, 6.45) is -3.64. The van der Waals surface area contributed by atoms with E-state index in [1.807, 2.05) is 31.2 Å². The van der Waals surface area contributed by atoms with Gasteiger partial charge in [0, 0.05) is 13.2 Å². The molecule has 1 amide bonds. The first-order chi connectivity index (χ1) is 12.2. The number of hydrogen-bond acceptors (Lipinski definition) is 4. The van der Waals surface area contributed by atoms with Crippen molar-refractivity contribution >= 4 is 17.7 Å². The maximum absolute atomic E-state index is 12.5. The molecule has 4 nitrogen and oxygen atoms in total. The SMILES string of the molecule is COc1ccc(C(C)N(C)C(=O)CSc2ccc(C(F)(F)F)cn2)cc1. The summed E-state index contributed by atoms with van der Waals surface area (Å²) in [5, 5.41) is 0.372. The molecule has 0 fully saturated rings. The van der Waals surface area contributed by atoms with Crippen LogP contribution in [0.25, 0.3) is 0 Å². The van der Waals surface area contributed by atoms with Gasteiger partial charge < -0.3 is 9.64 Å². The first-order valence-electron chi connectivity index (χ1n) is 7.78. The number of aromatic nitrogens is 1. The summed E-state index contributed by atoms with van der Waals surface area (Å²) >= 11 is 1.11. The second-order valence-corrected chi connectivity index (χ2v) is 6.62. The van der Waals surface area contributed by atoms with Gasteiger partial charge in [-0.3, -0.25) is 4.79 Å². The Morgan fingerprint density at radius 3 is 2.38 bits per heavy atom. The lowest BCUT2D eigenvalue weighted by molar-refractivity contribution is -0.138. The van der Waals surface area contributed by atoms with E-state index in [9.17, 15) is 18.0 Å². The van der Waals surface area contributed by atoms with Crippen LogP contribution in [0.15, 0.2) is 47.6 Å². The van der Waals surface area contributed by atoms with E-state index < -0.39 is 11.7 Å². The maximum Gasteiger partial charge on any atom is 0.417 e. The first kappa shape index (κ1) is 20.1. The molecule has 0 N–H and O–H groups in total. The summed E-state index contributed by atoms with van der Waals surface area (Å²) in [7, 11) is 3.28. The third kappa shape index (κ3) is 5.14. The monoisotopic (exact) mass is 384 g/mol. The lowest BCUT2D eigenvalue weighted by Gasteiger charge is -2.25. The maximum atomic E-state index is 12.5. The predicted octanol–water partition coefficient (Wildman–Crippen LogP) is 4.42. The minimum Gasteiger partial charge on any atom is -0.497 e. The normalized spacial score (nSPS) is 12.5. The fraction of sp³-hybridized carbons (Fsp3) is 0.333. The number of carbonyl (C=O) groups is 1. The van der Waals surface area contributed by atoms with Gasteiger partial charge >= 0.3 is 6.18 Å². The molecule has 0 spiro atoms. The Kier molecular flexibility index (Phi) is 6.52. The van der Waals surface area contributed by atoms with Gasteiger partial charge in [-0.2, -0.15) is 13.2 Å². The molecule has 0 aliphatic carbocycles. The number of hydrogen-bond donors (Lipinski definition) is 0. The van der Waals surface area contributed by atoms with Crippen LogP contribution < -0.4 is 4.74 Å². The molecule has 1 heterocycles. The van der Waals surface area contributed by atoms with Crippen molar-refractivity contribution in [3.05, 3.63) is 53.7 Å². The Morgan fingerprint density at radius 2 is 1.88 bits per heavy atom. The van der Waals surface area contributed by atoms with Gasteiger partial charge in [-0.1, -0.05) is 23.9 Å². The lowest BCUT2D eigenvalue weighted by atomic mass is 10.1. The Bertz CT molecular complexity index is 734. The third-order valence-corrected chi connectivity index (χ3v) is 4.91. The Morgan fingerprint density at radius 1 is 1.23 bits per heavy atom. The zero-order valence-corrected chi connectivity index (χ0v) is 15.4. The number of carbonyl (C=O) groups excluding carboxylic acids is 1. The first-order valence-corrected chi connectivity index (χ1v) is 8.76. The van der Waals surface area contributed by atoms with Crippen LogP contribution in [0.1, 0.15) is 24.1 Å². The molecule has 0 radical (unpaired) electrons. The molecule has 0 saturated carbocycles. The minimum atomic E-state index is -4.42. The molecule has 2 aromatic rings. The lowest BCUT2D eigenvalue weighted by Crippen LogP contribution is -2.31. The molecule has 0 saturated heterocycles. The van der Waals surface area contributed by atoms with Crippen LogP contribution in [0.2, 0.25) is 0 Å². The number of halogens is 3. The van der Waals surface area contributed by atoms with Gasteiger partial charge in [-0.15, -0.1) is 0 Å². The van der Waals surface area contributed by atoms with Gasteiger partial charge in [-0.05, 0) is 36.8 Å². The summed E-state index contributed by atoms with van der Waals surface area (Å²) in [6, 6.07) is 9.51. The quantitative estimate of drug-likeness (QED) is 0.692. The van der Waals surface area contributed by atoms with Crippen LogP contribution in [0.5, 0.6) is 5.75 Å². The number of benzene rings is 1. The number of thioether (sulfide) groups is 1. The van der Waals surface area contributed by atoms with Gasteiger partial charge in [-0.25, -0.2) is 4.98 Å². The highest BCUT2D eigenvalue weighted by Crippen LogP contribution is 2.30. The van der Waals surface area contributed by atoms with Crippen molar-refractivity contribution in [3.63, 3.8) is 0 Å². The van der Waals surface area contributed by atoms with Crippen molar-refractivity contribution in [3.8, 4) is 5.75 Å².